The molecule has 0 aromatic carbocycles. The van der Waals surface area contributed by atoms with Crippen molar-refractivity contribution in [2.45, 2.75) is 65.2 Å². The van der Waals surface area contributed by atoms with Crippen molar-refractivity contribution in [3.05, 3.63) is 0 Å². The van der Waals surface area contributed by atoms with Gasteiger partial charge in [0, 0.05) is 12.8 Å². The summed E-state index contributed by atoms with van der Waals surface area (Å²) in [6, 6.07) is 0. The summed E-state index contributed by atoms with van der Waals surface area (Å²) in [6.07, 6.45) is 13.6. The summed E-state index contributed by atoms with van der Waals surface area (Å²) < 4.78 is 2.39. The highest BCUT2D eigenvalue weighted by molar-refractivity contribution is 5.52. The van der Waals surface area contributed by atoms with Crippen LogP contribution < -0.4 is 0 Å². The van der Waals surface area contributed by atoms with Gasteiger partial charge in [-0.3, -0.25) is 0 Å². The van der Waals surface area contributed by atoms with Crippen molar-refractivity contribution < 1.29 is 4.58 Å². The maximum absolute atomic E-state index is 2.41. The van der Waals surface area contributed by atoms with E-state index in [-0.39, 0.29) is 0 Å². The summed E-state index contributed by atoms with van der Waals surface area (Å²) in [6.45, 7) is 6.06. The molecular formula is C14H28N+. The van der Waals surface area contributed by atoms with Crippen molar-refractivity contribution in [3.63, 3.8) is 0 Å². The summed E-state index contributed by atoms with van der Waals surface area (Å²) in [5.41, 5.74) is 0.507. The van der Waals surface area contributed by atoms with Crippen molar-refractivity contribution in [1.29, 1.82) is 0 Å². The molecule has 0 radical (unpaired) electrons. The predicted octanol–water partition coefficient (Wildman–Crippen LogP) is 3.86. The molecule has 0 saturated heterocycles. The molecule has 1 rings (SSSR count). The Kier molecular flexibility index (Phi) is 5.35. The summed E-state index contributed by atoms with van der Waals surface area (Å²) in [7, 11) is 2.22. The monoisotopic (exact) mass is 210 g/mol. The van der Waals surface area contributed by atoms with Crippen LogP contribution in [-0.2, 0) is 0 Å². The normalized spacial score (nSPS) is 28.3. The molecule has 1 heteroatoms. The first-order chi connectivity index (χ1) is 7.10. The lowest BCUT2D eigenvalue weighted by atomic mass is 9.84. The molecule has 0 saturated carbocycles. The second kappa shape index (κ2) is 6.30. The van der Waals surface area contributed by atoms with E-state index in [0.29, 0.717) is 5.41 Å². The third kappa shape index (κ3) is 5.96. The van der Waals surface area contributed by atoms with E-state index in [1.807, 2.05) is 0 Å². The van der Waals surface area contributed by atoms with E-state index in [9.17, 15) is 0 Å². The third-order valence-corrected chi connectivity index (χ3v) is 3.57. The average Bonchev–Trinajstić information content (AvgIpc) is 2.17. The molecule has 0 bridgehead atoms. The van der Waals surface area contributed by atoms with Gasteiger partial charge in [0.1, 0.15) is 19.8 Å². The van der Waals surface area contributed by atoms with Gasteiger partial charge >= 0.3 is 0 Å². The maximum atomic E-state index is 2.41. The van der Waals surface area contributed by atoms with E-state index >= 15 is 0 Å². The van der Waals surface area contributed by atoms with Crippen LogP contribution in [0.25, 0.3) is 0 Å². The minimum absolute atomic E-state index is 0.507. The fraction of sp³-hybridized carbons (Fsp3) is 0.929. The van der Waals surface area contributed by atoms with Gasteiger partial charge in [-0.1, -0.05) is 39.5 Å². The zero-order valence-corrected chi connectivity index (χ0v) is 10.9. The van der Waals surface area contributed by atoms with Crippen LogP contribution in [0.15, 0.2) is 0 Å². The second-order valence-corrected chi connectivity index (χ2v) is 5.90. The summed E-state index contributed by atoms with van der Waals surface area (Å²) >= 11 is 0. The molecule has 0 amide bonds. The van der Waals surface area contributed by atoms with Crippen LogP contribution in [0.3, 0.4) is 0 Å². The lowest BCUT2D eigenvalue weighted by molar-refractivity contribution is -0.494. The van der Waals surface area contributed by atoms with Gasteiger partial charge in [-0.25, -0.2) is 4.58 Å². The van der Waals surface area contributed by atoms with Gasteiger partial charge < -0.3 is 0 Å². The van der Waals surface area contributed by atoms with Gasteiger partial charge in [-0.15, -0.1) is 0 Å². The first-order valence-corrected chi connectivity index (χ1v) is 6.64. The van der Waals surface area contributed by atoms with Crippen LogP contribution in [0.2, 0.25) is 0 Å². The molecule has 0 N–H and O–H groups in total. The zero-order valence-electron chi connectivity index (χ0n) is 10.9. The van der Waals surface area contributed by atoms with Crippen LogP contribution >= 0.6 is 0 Å². The highest BCUT2D eigenvalue weighted by Gasteiger charge is 2.18. The van der Waals surface area contributed by atoms with Crippen LogP contribution in [0.1, 0.15) is 65.2 Å². The highest BCUT2D eigenvalue weighted by atomic mass is 14.9. The summed E-state index contributed by atoms with van der Waals surface area (Å²) in [4.78, 5) is 0. The molecule has 1 nitrogen and oxygen atoms in total. The van der Waals surface area contributed by atoms with Gasteiger partial charge in [0.2, 0.25) is 0 Å². The van der Waals surface area contributed by atoms with E-state index in [0.717, 1.165) is 0 Å². The smallest absolute Gasteiger partial charge is 0.142 e. The van der Waals surface area contributed by atoms with Crippen LogP contribution in [0.5, 0.6) is 0 Å². The summed E-state index contributed by atoms with van der Waals surface area (Å²) in [5.74, 6) is 0. The topological polar surface area (TPSA) is 3.01 Å². The Morgan fingerprint density at radius 2 is 1.53 bits per heavy atom. The van der Waals surface area contributed by atoms with Gasteiger partial charge in [0.15, 0.2) is 0 Å². The zero-order chi connectivity index (χ0) is 11.1. The predicted molar refractivity (Wildman–Crippen MR) is 67.8 cm³/mol. The van der Waals surface area contributed by atoms with Crippen LogP contribution in [-0.4, -0.2) is 24.4 Å². The largest absolute Gasteiger partial charge is 0.242 e. The van der Waals surface area contributed by atoms with E-state index < -0.39 is 0 Å². The number of rotatable bonds is 0. The first-order valence-electron chi connectivity index (χ1n) is 6.64. The first kappa shape index (κ1) is 12.7. The standard InChI is InChI=1S/C14H28N/c1-14(2)10-8-6-4-5-7-9-12-15(3)13-11-14/h13H,4-12H2,1-3H3/q+1/b15-13-. The Morgan fingerprint density at radius 1 is 0.933 bits per heavy atom. The Hall–Kier alpha value is -0.330. The van der Waals surface area contributed by atoms with Gasteiger partial charge in [-0.2, -0.15) is 0 Å². The van der Waals surface area contributed by atoms with Crippen molar-refractivity contribution in [1.82, 2.24) is 0 Å². The Bertz CT molecular complexity index is 203. The second-order valence-electron chi connectivity index (χ2n) is 5.90. The molecule has 0 atom stereocenters. The Balaban J connectivity index is 2.48. The lowest BCUT2D eigenvalue weighted by Gasteiger charge is -2.21. The van der Waals surface area contributed by atoms with E-state index in [1.165, 1.54) is 57.9 Å². The lowest BCUT2D eigenvalue weighted by Crippen LogP contribution is -2.17. The SMILES string of the molecule is C/[N+]1=C/CC(C)(C)CCCCCCCC1. The third-order valence-electron chi connectivity index (χ3n) is 3.57. The minimum Gasteiger partial charge on any atom is -0.242 e. The maximum Gasteiger partial charge on any atom is 0.142 e. The van der Waals surface area contributed by atoms with Crippen molar-refractivity contribution >= 4 is 6.21 Å². The van der Waals surface area contributed by atoms with E-state index in [4.69, 9.17) is 0 Å². The molecule has 1 aliphatic heterocycles. The molecule has 0 unspecified atom stereocenters. The number of hydrogen-bond donors (Lipinski definition) is 0. The van der Waals surface area contributed by atoms with Crippen LogP contribution in [0.4, 0.5) is 0 Å². The van der Waals surface area contributed by atoms with Crippen LogP contribution in [0, 0.1) is 5.41 Å². The van der Waals surface area contributed by atoms with Gasteiger partial charge in [-0.05, 0) is 18.3 Å². The van der Waals surface area contributed by atoms with E-state index in [1.54, 1.807) is 0 Å². The van der Waals surface area contributed by atoms with Gasteiger partial charge in [0.25, 0.3) is 0 Å². The van der Waals surface area contributed by atoms with Crippen molar-refractivity contribution in [2.24, 2.45) is 5.41 Å². The molecule has 0 aliphatic carbocycles. The molecule has 88 valence electrons. The Morgan fingerprint density at radius 3 is 2.27 bits per heavy atom. The van der Waals surface area contributed by atoms with Gasteiger partial charge in [0.05, 0.1) is 0 Å². The molecule has 1 heterocycles. The average molecular weight is 210 g/mol. The quantitative estimate of drug-likeness (QED) is 0.534. The fourth-order valence-electron chi connectivity index (χ4n) is 2.27. The fourth-order valence-corrected chi connectivity index (χ4v) is 2.27. The summed E-state index contributed by atoms with van der Waals surface area (Å²) in [5, 5.41) is 0. The highest BCUT2D eigenvalue weighted by Crippen LogP contribution is 2.27. The van der Waals surface area contributed by atoms with E-state index in [2.05, 4.69) is 31.7 Å². The van der Waals surface area contributed by atoms with Crippen molar-refractivity contribution in [2.75, 3.05) is 13.6 Å². The number of nitrogens with zero attached hydrogens (tertiary/aromatic N) is 1. The van der Waals surface area contributed by atoms with Crippen molar-refractivity contribution in [3.8, 4) is 0 Å². The molecule has 0 spiro atoms. The molecule has 0 aromatic rings. The molecule has 15 heavy (non-hydrogen) atoms. The molecule has 0 fully saturated rings. The molecule has 1 aliphatic rings. The molecular weight excluding hydrogens is 182 g/mol. The Labute approximate surface area is 95.6 Å². The number of hydrogen-bond acceptors (Lipinski definition) is 0. The molecule has 0 aromatic heterocycles. The minimum atomic E-state index is 0.507.